The van der Waals surface area contributed by atoms with Crippen molar-refractivity contribution in [1.29, 1.82) is 0 Å². The maximum absolute atomic E-state index is 11.9. The lowest BCUT2D eigenvalue weighted by atomic mass is 9.85. The third kappa shape index (κ3) is 2.19. The summed E-state index contributed by atoms with van der Waals surface area (Å²) in [5.74, 6) is 0.662. The number of thioether (sulfide) groups is 1. The van der Waals surface area contributed by atoms with Crippen LogP contribution < -0.4 is 11.1 Å². The van der Waals surface area contributed by atoms with Crippen LogP contribution in [0.15, 0.2) is 29.2 Å². The fraction of sp³-hybridized carbons (Fsp3) is 0.462. The molecule has 92 valence electrons. The Morgan fingerprint density at radius 2 is 2.29 bits per heavy atom. The fourth-order valence-electron chi connectivity index (χ4n) is 2.26. The molecule has 17 heavy (non-hydrogen) atoms. The highest BCUT2D eigenvalue weighted by Crippen LogP contribution is 2.40. The quantitative estimate of drug-likeness (QED) is 0.857. The van der Waals surface area contributed by atoms with Crippen molar-refractivity contribution >= 4 is 17.7 Å². The number of carbonyl (C=O) groups is 1. The number of nitrogens with two attached hydrogens (primary N) is 1. The van der Waals surface area contributed by atoms with Crippen molar-refractivity contribution in [1.82, 2.24) is 5.32 Å². The normalized spacial score (nSPS) is 23.1. The second-order valence-corrected chi connectivity index (χ2v) is 5.43. The highest BCUT2D eigenvalue weighted by molar-refractivity contribution is 7.99. The van der Waals surface area contributed by atoms with Crippen LogP contribution in [0.5, 0.6) is 0 Å². The molecule has 0 spiro atoms. The monoisotopic (exact) mass is 250 g/mol. The summed E-state index contributed by atoms with van der Waals surface area (Å²) in [7, 11) is 0. The lowest BCUT2D eigenvalue weighted by molar-refractivity contribution is -0.125. The van der Waals surface area contributed by atoms with E-state index >= 15 is 0 Å². The number of benzene rings is 1. The molecule has 0 aromatic heterocycles. The Morgan fingerprint density at radius 3 is 3.00 bits per heavy atom. The third-order valence-electron chi connectivity index (χ3n) is 3.18. The first-order valence-corrected chi connectivity index (χ1v) is 6.96. The first-order chi connectivity index (χ1) is 8.20. The van der Waals surface area contributed by atoms with E-state index in [1.807, 2.05) is 18.2 Å². The van der Waals surface area contributed by atoms with E-state index in [1.165, 1.54) is 4.90 Å². The molecule has 0 saturated carbocycles. The fourth-order valence-corrected chi connectivity index (χ4v) is 3.46. The van der Waals surface area contributed by atoms with Gasteiger partial charge in [-0.05, 0) is 31.0 Å². The second-order valence-electron chi connectivity index (χ2n) is 4.29. The van der Waals surface area contributed by atoms with Crippen LogP contribution in [0.25, 0.3) is 0 Å². The van der Waals surface area contributed by atoms with E-state index in [2.05, 4.69) is 18.3 Å². The molecule has 0 bridgehead atoms. The summed E-state index contributed by atoms with van der Waals surface area (Å²) in [5.41, 5.74) is 6.02. The molecular weight excluding hydrogens is 232 g/mol. The highest BCUT2D eigenvalue weighted by atomic mass is 32.2. The van der Waals surface area contributed by atoms with Gasteiger partial charge >= 0.3 is 0 Å². The van der Waals surface area contributed by atoms with Gasteiger partial charge in [-0.25, -0.2) is 0 Å². The number of amides is 1. The van der Waals surface area contributed by atoms with Gasteiger partial charge in [-0.15, -0.1) is 11.8 Å². The van der Waals surface area contributed by atoms with Gasteiger partial charge in [0.05, 0.1) is 0 Å². The minimum absolute atomic E-state index is 0.265. The van der Waals surface area contributed by atoms with Gasteiger partial charge in [-0.3, -0.25) is 10.1 Å². The Bertz CT molecular complexity index is 422. The first-order valence-electron chi connectivity index (χ1n) is 5.98. The van der Waals surface area contributed by atoms with Crippen LogP contribution in [-0.2, 0) is 10.3 Å². The number of fused-ring (bicyclic) bond motifs is 1. The molecular formula is C13H18N2OS. The molecule has 1 aromatic carbocycles. The number of rotatable bonds is 4. The summed E-state index contributed by atoms with van der Waals surface area (Å²) < 4.78 is 0. The lowest BCUT2D eigenvalue weighted by Gasteiger charge is -2.37. The van der Waals surface area contributed by atoms with Gasteiger partial charge < -0.3 is 5.73 Å². The van der Waals surface area contributed by atoms with E-state index in [-0.39, 0.29) is 5.91 Å². The number of carbonyl (C=O) groups excluding carboxylic acids is 1. The van der Waals surface area contributed by atoms with Crippen molar-refractivity contribution in [2.45, 2.75) is 30.2 Å². The SMILES string of the molecule is CCCNC1(C(N)=O)CCSc2ccccc21. The zero-order chi connectivity index (χ0) is 12.3. The predicted octanol–water partition coefficient (Wildman–Crippen LogP) is 1.86. The van der Waals surface area contributed by atoms with Crippen molar-refractivity contribution in [2.75, 3.05) is 12.3 Å². The smallest absolute Gasteiger partial charge is 0.242 e. The van der Waals surface area contributed by atoms with Crippen molar-refractivity contribution < 1.29 is 4.79 Å². The van der Waals surface area contributed by atoms with E-state index < -0.39 is 5.54 Å². The number of primary amides is 1. The number of hydrogen-bond acceptors (Lipinski definition) is 3. The van der Waals surface area contributed by atoms with E-state index in [4.69, 9.17) is 5.73 Å². The van der Waals surface area contributed by atoms with Crippen molar-refractivity contribution in [2.24, 2.45) is 5.73 Å². The Morgan fingerprint density at radius 1 is 1.53 bits per heavy atom. The molecule has 0 fully saturated rings. The first kappa shape index (κ1) is 12.5. The molecule has 0 radical (unpaired) electrons. The van der Waals surface area contributed by atoms with E-state index in [0.29, 0.717) is 0 Å². The number of nitrogens with one attached hydrogen (secondary N) is 1. The van der Waals surface area contributed by atoms with Crippen LogP contribution in [0.4, 0.5) is 0 Å². The second kappa shape index (κ2) is 5.10. The molecule has 3 N–H and O–H groups in total. The minimum atomic E-state index is -0.669. The third-order valence-corrected chi connectivity index (χ3v) is 4.25. The van der Waals surface area contributed by atoms with Crippen LogP contribution in [0.1, 0.15) is 25.3 Å². The lowest BCUT2D eigenvalue weighted by Crippen LogP contribution is -2.54. The molecule has 1 heterocycles. The largest absolute Gasteiger partial charge is 0.368 e. The van der Waals surface area contributed by atoms with Crippen molar-refractivity contribution in [3.8, 4) is 0 Å². The van der Waals surface area contributed by atoms with Crippen LogP contribution >= 0.6 is 11.8 Å². The average Bonchev–Trinajstić information content (AvgIpc) is 2.36. The van der Waals surface area contributed by atoms with Gasteiger partial charge in [0.2, 0.25) is 5.91 Å². The van der Waals surface area contributed by atoms with Crippen molar-refractivity contribution in [3.05, 3.63) is 29.8 Å². The van der Waals surface area contributed by atoms with Gasteiger partial charge in [0, 0.05) is 10.6 Å². The van der Waals surface area contributed by atoms with E-state index in [0.717, 1.165) is 30.7 Å². The minimum Gasteiger partial charge on any atom is -0.368 e. The predicted molar refractivity (Wildman–Crippen MR) is 70.9 cm³/mol. The number of hydrogen-bond donors (Lipinski definition) is 2. The molecule has 1 aliphatic rings. The molecule has 3 nitrogen and oxygen atoms in total. The van der Waals surface area contributed by atoms with E-state index in [1.54, 1.807) is 11.8 Å². The van der Waals surface area contributed by atoms with Gasteiger partial charge in [0.1, 0.15) is 5.54 Å². The molecule has 1 aromatic rings. The molecule has 1 amide bonds. The van der Waals surface area contributed by atoms with Crippen LogP contribution in [0.2, 0.25) is 0 Å². The summed E-state index contributed by atoms with van der Waals surface area (Å²) in [6, 6.07) is 8.04. The molecule has 0 saturated heterocycles. The Hall–Kier alpha value is -1.00. The van der Waals surface area contributed by atoms with Crippen LogP contribution in [0.3, 0.4) is 0 Å². The van der Waals surface area contributed by atoms with Crippen molar-refractivity contribution in [3.63, 3.8) is 0 Å². The van der Waals surface area contributed by atoms with Gasteiger partial charge in [0.15, 0.2) is 0 Å². The zero-order valence-corrected chi connectivity index (χ0v) is 10.8. The summed E-state index contributed by atoms with van der Waals surface area (Å²) in [6.07, 6.45) is 1.76. The van der Waals surface area contributed by atoms with Gasteiger partial charge in [-0.2, -0.15) is 0 Å². The van der Waals surface area contributed by atoms with Crippen LogP contribution in [0, 0.1) is 0 Å². The maximum Gasteiger partial charge on any atom is 0.242 e. The van der Waals surface area contributed by atoms with Gasteiger partial charge in [0.25, 0.3) is 0 Å². The molecule has 0 aliphatic carbocycles. The molecule has 2 rings (SSSR count). The zero-order valence-electron chi connectivity index (χ0n) is 10.0. The van der Waals surface area contributed by atoms with Crippen LogP contribution in [-0.4, -0.2) is 18.2 Å². The van der Waals surface area contributed by atoms with E-state index in [9.17, 15) is 4.79 Å². The maximum atomic E-state index is 11.9. The molecule has 4 heteroatoms. The summed E-state index contributed by atoms with van der Waals surface area (Å²) in [4.78, 5) is 13.1. The summed E-state index contributed by atoms with van der Waals surface area (Å²) >= 11 is 1.79. The topological polar surface area (TPSA) is 55.1 Å². The average molecular weight is 250 g/mol. The highest BCUT2D eigenvalue weighted by Gasteiger charge is 2.41. The molecule has 1 aliphatic heterocycles. The molecule has 1 atom stereocenters. The standard InChI is InChI=1S/C13H18N2OS/c1-2-8-15-13(12(14)16)7-9-17-11-6-4-3-5-10(11)13/h3-6,15H,2,7-9H2,1H3,(H2,14,16). The summed E-state index contributed by atoms with van der Waals surface area (Å²) in [6.45, 7) is 2.90. The Balaban J connectivity index is 2.43. The molecule has 1 unspecified atom stereocenters. The Labute approximate surface area is 106 Å². The van der Waals surface area contributed by atoms with Gasteiger partial charge in [-0.1, -0.05) is 25.1 Å². The summed E-state index contributed by atoms with van der Waals surface area (Å²) in [5, 5.41) is 3.35. The Kier molecular flexibility index (Phi) is 3.74.